The molecule has 0 saturated carbocycles. The van der Waals surface area contributed by atoms with Crippen molar-refractivity contribution in [3.8, 4) is 0 Å². The van der Waals surface area contributed by atoms with Crippen LogP contribution in [0.15, 0.2) is 10.9 Å². The molecular weight excluding hydrogens is 182 g/mol. The molecule has 0 unspecified atom stereocenters. The summed E-state index contributed by atoms with van der Waals surface area (Å²) >= 11 is 0. The average molecular weight is 197 g/mol. The highest BCUT2D eigenvalue weighted by Gasteiger charge is 1.99. The molecule has 5 heteroatoms. The summed E-state index contributed by atoms with van der Waals surface area (Å²) in [5.41, 5.74) is 1.38. The first-order valence-electron chi connectivity index (χ1n) is 4.49. The number of methoxy groups -OCH3 is 1. The maximum Gasteiger partial charge on any atom is 0.268 e. The van der Waals surface area contributed by atoms with Crippen LogP contribution in [-0.2, 0) is 11.3 Å². The third kappa shape index (κ3) is 3.27. The zero-order chi connectivity index (χ0) is 10.4. The number of aryl methyl sites for hydroxylation is 1. The predicted molar refractivity (Wildman–Crippen MR) is 53.2 cm³/mol. The van der Waals surface area contributed by atoms with Gasteiger partial charge in [0, 0.05) is 25.8 Å². The van der Waals surface area contributed by atoms with E-state index in [1.165, 1.54) is 0 Å². The first-order chi connectivity index (χ1) is 6.74. The number of aromatic amines is 1. The zero-order valence-corrected chi connectivity index (χ0v) is 8.46. The van der Waals surface area contributed by atoms with Gasteiger partial charge in [-0.2, -0.15) is 5.10 Å². The van der Waals surface area contributed by atoms with Gasteiger partial charge in [0.25, 0.3) is 5.56 Å². The number of hydrogen-bond acceptors (Lipinski definition) is 4. The number of aromatic nitrogens is 2. The smallest absolute Gasteiger partial charge is 0.268 e. The van der Waals surface area contributed by atoms with Gasteiger partial charge in [-0.05, 0) is 13.0 Å². The van der Waals surface area contributed by atoms with Gasteiger partial charge in [0.05, 0.1) is 12.3 Å². The lowest BCUT2D eigenvalue weighted by atomic mass is 10.2. The van der Waals surface area contributed by atoms with E-state index in [1.54, 1.807) is 13.2 Å². The fourth-order valence-electron chi connectivity index (χ4n) is 1.09. The van der Waals surface area contributed by atoms with E-state index in [-0.39, 0.29) is 5.56 Å². The number of nitrogens with zero attached hydrogens (tertiary/aromatic N) is 1. The number of ether oxygens (including phenoxy) is 1. The molecule has 0 aliphatic rings. The molecule has 78 valence electrons. The van der Waals surface area contributed by atoms with Crippen molar-refractivity contribution in [2.75, 3.05) is 20.3 Å². The van der Waals surface area contributed by atoms with Gasteiger partial charge in [-0.1, -0.05) is 0 Å². The summed E-state index contributed by atoms with van der Waals surface area (Å²) in [5.74, 6) is 0. The third-order valence-electron chi connectivity index (χ3n) is 1.81. The second-order valence-corrected chi connectivity index (χ2v) is 3.03. The van der Waals surface area contributed by atoms with Crippen LogP contribution in [0.1, 0.15) is 11.3 Å². The largest absolute Gasteiger partial charge is 0.383 e. The minimum atomic E-state index is -0.138. The molecule has 1 aromatic rings. The Morgan fingerprint density at radius 3 is 3.14 bits per heavy atom. The van der Waals surface area contributed by atoms with Crippen LogP contribution < -0.4 is 10.9 Å². The van der Waals surface area contributed by atoms with Crippen LogP contribution in [0, 0.1) is 6.92 Å². The number of hydrogen-bond donors (Lipinski definition) is 2. The lowest BCUT2D eigenvalue weighted by molar-refractivity contribution is 0.199. The van der Waals surface area contributed by atoms with Gasteiger partial charge >= 0.3 is 0 Å². The van der Waals surface area contributed by atoms with Crippen LogP contribution in [-0.4, -0.2) is 30.5 Å². The minimum absolute atomic E-state index is 0.138. The quantitative estimate of drug-likeness (QED) is 0.642. The van der Waals surface area contributed by atoms with E-state index in [0.29, 0.717) is 18.7 Å². The normalized spacial score (nSPS) is 10.4. The van der Waals surface area contributed by atoms with Crippen molar-refractivity contribution >= 4 is 0 Å². The summed E-state index contributed by atoms with van der Waals surface area (Å²) in [7, 11) is 1.64. The molecule has 1 aromatic heterocycles. The lowest BCUT2D eigenvalue weighted by Gasteiger charge is -2.03. The Labute approximate surface area is 82.5 Å². The SMILES string of the molecule is COCCNCc1cc(C)n[nH]c1=O. The molecule has 1 rings (SSSR count). The van der Waals surface area contributed by atoms with E-state index in [2.05, 4.69) is 15.5 Å². The van der Waals surface area contributed by atoms with Crippen molar-refractivity contribution in [2.45, 2.75) is 13.5 Å². The van der Waals surface area contributed by atoms with E-state index in [4.69, 9.17) is 4.74 Å². The Bertz CT molecular complexity index is 335. The molecule has 0 radical (unpaired) electrons. The molecule has 2 N–H and O–H groups in total. The Balaban J connectivity index is 2.49. The van der Waals surface area contributed by atoms with Crippen LogP contribution in [0.2, 0.25) is 0 Å². The van der Waals surface area contributed by atoms with Crippen molar-refractivity contribution in [2.24, 2.45) is 0 Å². The van der Waals surface area contributed by atoms with Crippen LogP contribution in [0.25, 0.3) is 0 Å². The molecule has 14 heavy (non-hydrogen) atoms. The van der Waals surface area contributed by atoms with Crippen molar-refractivity contribution in [1.82, 2.24) is 15.5 Å². The van der Waals surface area contributed by atoms with Crippen LogP contribution in [0.3, 0.4) is 0 Å². The maximum absolute atomic E-state index is 11.2. The van der Waals surface area contributed by atoms with E-state index >= 15 is 0 Å². The molecule has 5 nitrogen and oxygen atoms in total. The van der Waals surface area contributed by atoms with Crippen molar-refractivity contribution < 1.29 is 4.74 Å². The van der Waals surface area contributed by atoms with Gasteiger partial charge in [0.2, 0.25) is 0 Å². The summed E-state index contributed by atoms with van der Waals surface area (Å²) in [6, 6.07) is 1.78. The number of rotatable bonds is 5. The topological polar surface area (TPSA) is 67.0 Å². The second kappa shape index (κ2) is 5.51. The highest BCUT2D eigenvalue weighted by Crippen LogP contribution is 1.91. The molecule has 0 spiro atoms. The Kier molecular flexibility index (Phi) is 4.28. The zero-order valence-electron chi connectivity index (χ0n) is 8.46. The molecule has 0 fully saturated rings. The molecule has 0 aliphatic heterocycles. The molecule has 0 atom stereocenters. The monoisotopic (exact) mass is 197 g/mol. The van der Waals surface area contributed by atoms with Crippen molar-refractivity contribution in [1.29, 1.82) is 0 Å². The van der Waals surface area contributed by atoms with Gasteiger partial charge in [-0.3, -0.25) is 4.79 Å². The summed E-state index contributed by atoms with van der Waals surface area (Å²) in [6.07, 6.45) is 0. The summed E-state index contributed by atoms with van der Waals surface area (Å²) in [6.45, 7) is 3.76. The van der Waals surface area contributed by atoms with Gasteiger partial charge in [-0.25, -0.2) is 5.10 Å². The first-order valence-corrected chi connectivity index (χ1v) is 4.49. The summed E-state index contributed by atoms with van der Waals surface area (Å²) < 4.78 is 4.87. The van der Waals surface area contributed by atoms with Gasteiger partial charge in [0.15, 0.2) is 0 Å². The first kappa shape index (κ1) is 10.9. The van der Waals surface area contributed by atoms with Crippen LogP contribution in [0.4, 0.5) is 0 Å². The maximum atomic E-state index is 11.2. The van der Waals surface area contributed by atoms with E-state index in [9.17, 15) is 4.79 Å². The van der Waals surface area contributed by atoms with Crippen molar-refractivity contribution in [3.63, 3.8) is 0 Å². The molecule has 0 aliphatic carbocycles. The Morgan fingerprint density at radius 1 is 1.64 bits per heavy atom. The van der Waals surface area contributed by atoms with E-state index < -0.39 is 0 Å². The highest BCUT2D eigenvalue weighted by molar-refractivity contribution is 5.11. The average Bonchev–Trinajstić information content (AvgIpc) is 2.18. The van der Waals surface area contributed by atoms with Crippen LogP contribution >= 0.6 is 0 Å². The number of nitrogens with one attached hydrogen (secondary N) is 2. The number of H-pyrrole nitrogens is 1. The molecule has 0 saturated heterocycles. The summed E-state index contributed by atoms with van der Waals surface area (Å²) in [5, 5.41) is 9.32. The minimum Gasteiger partial charge on any atom is -0.383 e. The van der Waals surface area contributed by atoms with Crippen molar-refractivity contribution in [3.05, 3.63) is 27.7 Å². The molecular formula is C9H15N3O2. The Morgan fingerprint density at radius 2 is 2.43 bits per heavy atom. The second-order valence-electron chi connectivity index (χ2n) is 3.03. The van der Waals surface area contributed by atoms with Gasteiger partial charge < -0.3 is 10.1 Å². The predicted octanol–water partition coefficient (Wildman–Crippen LogP) is -0.186. The van der Waals surface area contributed by atoms with E-state index in [0.717, 1.165) is 12.2 Å². The Hall–Kier alpha value is -1.20. The van der Waals surface area contributed by atoms with Gasteiger partial charge in [-0.15, -0.1) is 0 Å². The lowest BCUT2D eigenvalue weighted by Crippen LogP contribution is -2.24. The highest BCUT2D eigenvalue weighted by atomic mass is 16.5. The summed E-state index contributed by atoms with van der Waals surface area (Å²) in [4.78, 5) is 11.2. The fourth-order valence-corrected chi connectivity index (χ4v) is 1.09. The molecule has 0 aromatic carbocycles. The molecule has 0 bridgehead atoms. The molecule has 1 heterocycles. The molecule has 0 amide bonds. The standard InChI is InChI=1S/C9H15N3O2/c1-7-5-8(9(13)12-11-7)6-10-3-4-14-2/h5,10H,3-4,6H2,1-2H3,(H,12,13). The fraction of sp³-hybridized carbons (Fsp3) is 0.556. The van der Waals surface area contributed by atoms with Crippen LogP contribution in [0.5, 0.6) is 0 Å². The van der Waals surface area contributed by atoms with E-state index in [1.807, 2.05) is 6.92 Å². The van der Waals surface area contributed by atoms with Gasteiger partial charge in [0.1, 0.15) is 0 Å². The third-order valence-corrected chi connectivity index (χ3v) is 1.81.